The molecule has 5 rings (SSSR count). The lowest BCUT2D eigenvalue weighted by Gasteiger charge is -2.39. The fourth-order valence-electron chi connectivity index (χ4n) is 3.78. The van der Waals surface area contributed by atoms with Crippen LogP contribution in [0.5, 0.6) is 0 Å². The minimum absolute atomic E-state index is 0.0367. The van der Waals surface area contributed by atoms with Gasteiger partial charge in [0.15, 0.2) is 5.17 Å². The van der Waals surface area contributed by atoms with E-state index in [1.165, 1.54) is 16.9 Å². The molecular formula is C23H21ClN4OS2. The summed E-state index contributed by atoms with van der Waals surface area (Å²) in [6, 6.07) is 18.3. The van der Waals surface area contributed by atoms with Crippen molar-refractivity contribution >= 4 is 51.5 Å². The summed E-state index contributed by atoms with van der Waals surface area (Å²) in [5, 5.41) is 8.13. The van der Waals surface area contributed by atoms with Crippen molar-refractivity contribution in [1.29, 1.82) is 0 Å². The van der Waals surface area contributed by atoms with Crippen LogP contribution in [0, 0.1) is 0 Å². The van der Waals surface area contributed by atoms with Gasteiger partial charge in [0.05, 0.1) is 5.69 Å². The number of carbonyl (C=O) groups is 1. The van der Waals surface area contributed by atoms with E-state index >= 15 is 0 Å². The molecule has 2 aromatic carbocycles. The lowest BCUT2D eigenvalue weighted by Crippen LogP contribution is -2.57. The number of hydrazone groups is 1. The highest BCUT2D eigenvalue weighted by Gasteiger charge is 2.43. The van der Waals surface area contributed by atoms with Crippen LogP contribution in [0.15, 0.2) is 65.1 Å². The molecule has 0 saturated heterocycles. The van der Waals surface area contributed by atoms with Crippen molar-refractivity contribution in [1.82, 2.24) is 10.3 Å². The van der Waals surface area contributed by atoms with Crippen LogP contribution in [0.4, 0.5) is 5.69 Å². The Labute approximate surface area is 194 Å². The number of thioether (sulfide) groups is 1. The van der Waals surface area contributed by atoms with Gasteiger partial charge in [-0.25, -0.2) is 0 Å². The van der Waals surface area contributed by atoms with Gasteiger partial charge in [0.25, 0.3) is 5.91 Å². The van der Waals surface area contributed by atoms with E-state index in [2.05, 4.69) is 52.7 Å². The third kappa shape index (κ3) is 3.93. The van der Waals surface area contributed by atoms with E-state index in [0.29, 0.717) is 6.54 Å². The summed E-state index contributed by atoms with van der Waals surface area (Å²) < 4.78 is 0. The largest absolute Gasteiger partial charge is 0.294 e. The second-order valence-corrected chi connectivity index (χ2v) is 9.72. The molecule has 1 amide bonds. The molecule has 0 aliphatic carbocycles. The average Bonchev–Trinajstić information content (AvgIpc) is 3.43. The van der Waals surface area contributed by atoms with Crippen LogP contribution in [-0.2, 0) is 18.7 Å². The molecule has 1 N–H and O–H groups in total. The number of aryl methyl sites for hydroxylation is 1. The first-order valence-corrected chi connectivity index (χ1v) is 12.3. The monoisotopic (exact) mass is 468 g/mol. The molecule has 3 heterocycles. The summed E-state index contributed by atoms with van der Waals surface area (Å²) in [5.74, 6) is 0.783. The predicted molar refractivity (Wildman–Crippen MR) is 130 cm³/mol. The van der Waals surface area contributed by atoms with Gasteiger partial charge in [-0.2, -0.15) is 5.10 Å². The number of amides is 1. The van der Waals surface area contributed by atoms with Crippen molar-refractivity contribution in [3.63, 3.8) is 0 Å². The first kappa shape index (κ1) is 20.4. The normalized spacial score (nSPS) is 17.3. The number of benzene rings is 2. The van der Waals surface area contributed by atoms with Gasteiger partial charge in [-0.05, 0) is 46.7 Å². The fourth-order valence-corrected chi connectivity index (χ4v) is 5.76. The average molecular weight is 469 g/mol. The Morgan fingerprint density at radius 2 is 1.94 bits per heavy atom. The molecular weight excluding hydrogens is 448 g/mol. The van der Waals surface area contributed by atoms with Crippen molar-refractivity contribution < 1.29 is 4.79 Å². The molecule has 0 fully saturated rings. The highest BCUT2D eigenvalue weighted by molar-refractivity contribution is 8.13. The molecule has 0 bridgehead atoms. The number of nitrogens with one attached hydrogen (secondary N) is 1. The Balaban J connectivity index is 1.39. The van der Waals surface area contributed by atoms with Crippen LogP contribution in [0.1, 0.15) is 33.3 Å². The highest BCUT2D eigenvalue weighted by Crippen LogP contribution is 2.39. The second-order valence-electron chi connectivity index (χ2n) is 7.42. The van der Waals surface area contributed by atoms with Gasteiger partial charge in [0.1, 0.15) is 4.88 Å². The predicted octanol–water partition coefficient (Wildman–Crippen LogP) is 5.52. The summed E-state index contributed by atoms with van der Waals surface area (Å²) in [5.41, 5.74) is 7.63. The Morgan fingerprint density at radius 1 is 1.13 bits per heavy atom. The Hall–Kier alpha value is -2.48. The molecule has 0 radical (unpaired) electrons. The number of anilines is 1. The molecule has 8 heteroatoms. The molecule has 3 aromatic rings. The molecule has 31 heavy (non-hydrogen) atoms. The quantitative estimate of drug-likeness (QED) is 0.535. The summed E-state index contributed by atoms with van der Waals surface area (Å²) in [6.45, 7) is 2.66. The van der Waals surface area contributed by atoms with E-state index in [9.17, 15) is 4.79 Å². The van der Waals surface area contributed by atoms with Gasteiger partial charge in [-0.1, -0.05) is 66.7 Å². The van der Waals surface area contributed by atoms with Crippen LogP contribution < -0.4 is 10.3 Å². The van der Waals surface area contributed by atoms with Crippen molar-refractivity contribution in [3.05, 3.63) is 86.6 Å². The van der Waals surface area contributed by atoms with E-state index < -0.39 is 0 Å². The van der Waals surface area contributed by atoms with Crippen LogP contribution in [0.3, 0.4) is 0 Å². The third-order valence-electron chi connectivity index (χ3n) is 5.42. The zero-order valence-electron chi connectivity index (χ0n) is 16.9. The number of carbonyl (C=O) groups excluding carboxylic acids is 1. The summed E-state index contributed by atoms with van der Waals surface area (Å²) in [4.78, 5) is 18.0. The number of thiophene rings is 1. The smallest absolute Gasteiger partial charge is 0.269 e. The van der Waals surface area contributed by atoms with Crippen LogP contribution >= 0.6 is 34.7 Å². The molecule has 5 nitrogen and oxygen atoms in total. The zero-order chi connectivity index (χ0) is 21.4. The Kier molecular flexibility index (Phi) is 5.65. The molecule has 1 unspecified atom stereocenters. The summed E-state index contributed by atoms with van der Waals surface area (Å²) in [6.07, 6.45) is 0.669. The van der Waals surface area contributed by atoms with Gasteiger partial charge in [0.2, 0.25) is 6.29 Å². The van der Waals surface area contributed by atoms with Crippen molar-refractivity contribution in [2.24, 2.45) is 5.10 Å². The number of nitrogens with zero attached hydrogens (tertiary/aromatic N) is 3. The minimum Gasteiger partial charge on any atom is -0.294 e. The molecule has 2 aliphatic rings. The van der Waals surface area contributed by atoms with E-state index in [1.807, 2.05) is 34.5 Å². The maximum Gasteiger partial charge on any atom is 0.269 e. The maximum atomic E-state index is 13.3. The first-order chi connectivity index (χ1) is 15.1. The SMILES string of the molecule is CCc1ccc(CN2C(=O)c3sccc3N3C(SCc4cccc(Cl)c4)=NNC23)cc1. The second kappa shape index (κ2) is 8.57. The van der Waals surface area contributed by atoms with Gasteiger partial charge < -0.3 is 0 Å². The van der Waals surface area contributed by atoms with E-state index in [1.54, 1.807) is 11.8 Å². The third-order valence-corrected chi connectivity index (χ3v) is 7.57. The first-order valence-electron chi connectivity index (χ1n) is 10.1. The Morgan fingerprint density at radius 3 is 2.71 bits per heavy atom. The molecule has 1 aromatic heterocycles. The molecule has 1 atom stereocenters. The van der Waals surface area contributed by atoms with Gasteiger partial charge in [-0.15, -0.1) is 11.3 Å². The minimum atomic E-state index is -0.331. The van der Waals surface area contributed by atoms with Crippen LogP contribution in [-0.4, -0.2) is 22.3 Å². The molecule has 158 valence electrons. The Bertz CT molecular complexity index is 1140. The number of fused-ring (bicyclic) bond motifs is 3. The van der Waals surface area contributed by atoms with Gasteiger partial charge >= 0.3 is 0 Å². The van der Waals surface area contributed by atoms with E-state index in [4.69, 9.17) is 11.6 Å². The molecule has 2 aliphatic heterocycles. The summed E-state index contributed by atoms with van der Waals surface area (Å²) in [7, 11) is 0. The number of amidine groups is 1. The number of halogens is 1. The standard InChI is InChI=1S/C23H21ClN4OS2/c1-2-15-6-8-16(9-7-15)13-27-21(29)20-19(10-11-30-20)28-22(27)25-26-23(28)31-14-17-4-3-5-18(24)12-17/h3-12,22,25H,2,13-14H2,1H3. The van der Waals surface area contributed by atoms with Crippen LogP contribution in [0.25, 0.3) is 0 Å². The lowest BCUT2D eigenvalue weighted by molar-refractivity contribution is 0.0629. The molecule has 0 spiro atoms. The van der Waals surface area contributed by atoms with Crippen LogP contribution in [0.2, 0.25) is 5.02 Å². The number of hydrogen-bond donors (Lipinski definition) is 1. The van der Waals surface area contributed by atoms with Gasteiger partial charge in [-0.3, -0.25) is 20.0 Å². The molecule has 0 saturated carbocycles. The maximum absolute atomic E-state index is 13.3. The zero-order valence-corrected chi connectivity index (χ0v) is 19.3. The van der Waals surface area contributed by atoms with Crippen molar-refractivity contribution in [3.8, 4) is 0 Å². The van der Waals surface area contributed by atoms with E-state index in [-0.39, 0.29) is 12.2 Å². The van der Waals surface area contributed by atoms with Crippen molar-refractivity contribution in [2.75, 3.05) is 4.90 Å². The topological polar surface area (TPSA) is 47.9 Å². The van der Waals surface area contributed by atoms with E-state index in [0.717, 1.165) is 44.1 Å². The highest BCUT2D eigenvalue weighted by atomic mass is 35.5. The number of hydrogen-bond acceptors (Lipinski definition) is 6. The van der Waals surface area contributed by atoms with Gasteiger partial charge in [0, 0.05) is 17.3 Å². The fraction of sp³-hybridized carbons (Fsp3) is 0.217. The summed E-state index contributed by atoms with van der Waals surface area (Å²) >= 11 is 9.24. The number of rotatable bonds is 5. The van der Waals surface area contributed by atoms with Crippen molar-refractivity contribution in [2.45, 2.75) is 31.9 Å². The lowest BCUT2D eigenvalue weighted by atomic mass is 10.1.